The van der Waals surface area contributed by atoms with Crippen LogP contribution < -0.4 is 15.0 Å². The lowest BCUT2D eigenvalue weighted by Crippen LogP contribution is -2.23. The first-order chi connectivity index (χ1) is 14.0. The van der Waals surface area contributed by atoms with E-state index in [2.05, 4.69) is 5.32 Å². The number of aryl methyl sites for hydroxylation is 2. The molecule has 146 valence electrons. The second-order valence-corrected chi connectivity index (χ2v) is 7.18. The van der Waals surface area contributed by atoms with Gasteiger partial charge in [-0.3, -0.25) is 9.59 Å². The maximum absolute atomic E-state index is 12.6. The number of carbonyl (C=O) groups excluding carboxylic acids is 2. The fourth-order valence-electron chi connectivity index (χ4n) is 3.34. The van der Waals surface area contributed by atoms with Crippen LogP contribution in [-0.4, -0.2) is 18.4 Å². The van der Waals surface area contributed by atoms with Gasteiger partial charge in [-0.25, -0.2) is 0 Å². The molecule has 0 atom stereocenters. The fourth-order valence-corrected chi connectivity index (χ4v) is 3.34. The molecule has 0 saturated heterocycles. The van der Waals surface area contributed by atoms with Gasteiger partial charge < -0.3 is 15.0 Å². The molecule has 3 aromatic rings. The molecule has 5 heteroatoms. The topological polar surface area (TPSA) is 58.6 Å². The maximum atomic E-state index is 12.6. The number of nitrogens with one attached hydrogen (secondary N) is 1. The highest BCUT2D eigenvalue weighted by atomic mass is 16.5. The van der Waals surface area contributed by atoms with Crippen LogP contribution in [0.1, 0.15) is 27.0 Å². The van der Waals surface area contributed by atoms with Crippen LogP contribution in [0.25, 0.3) is 0 Å². The Morgan fingerprint density at radius 2 is 1.76 bits per heavy atom. The molecular formula is C24H22N2O3. The van der Waals surface area contributed by atoms with Crippen LogP contribution in [0.2, 0.25) is 0 Å². The number of hydrogen-bond donors (Lipinski definition) is 1. The Labute approximate surface area is 169 Å². The van der Waals surface area contributed by atoms with E-state index >= 15 is 0 Å². The highest BCUT2D eigenvalue weighted by Gasteiger charge is 2.27. The first-order valence-electron chi connectivity index (χ1n) is 9.51. The van der Waals surface area contributed by atoms with E-state index in [1.807, 2.05) is 68.4 Å². The molecule has 0 unspecified atom stereocenters. The maximum Gasteiger partial charge on any atom is 0.262 e. The molecule has 1 aliphatic rings. The van der Waals surface area contributed by atoms with E-state index in [9.17, 15) is 9.59 Å². The van der Waals surface area contributed by atoms with Crippen LogP contribution in [0.3, 0.4) is 0 Å². The normalized spacial score (nSPS) is 12.6. The smallest absolute Gasteiger partial charge is 0.262 e. The number of rotatable bonds is 5. The molecule has 0 spiro atoms. The summed E-state index contributed by atoms with van der Waals surface area (Å²) in [7, 11) is 0. The number of carbonyl (C=O) groups is 2. The molecule has 5 nitrogen and oxygen atoms in total. The Hall–Kier alpha value is -3.60. The van der Waals surface area contributed by atoms with Crippen molar-refractivity contribution in [2.45, 2.75) is 20.4 Å². The summed E-state index contributed by atoms with van der Waals surface area (Å²) in [6.07, 6.45) is 0. The van der Waals surface area contributed by atoms with E-state index in [4.69, 9.17) is 4.74 Å². The average molecular weight is 386 g/mol. The lowest BCUT2D eigenvalue weighted by atomic mass is 10.1. The van der Waals surface area contributed by atoms with Crippen LogP contribution in [0.4, 0.5) is 11.4 Å². The number of amides is 2. The summed E-state index contributed by atoms with van der Waals surface area (Å²) in [5.74, 6) is 0.436. The molecular weight excluding hydrogens is 364 g/mol. The van der Waals surface area contributed by atoms with Crippen LogP contribution in [-0.2, 0) is 11.3 Å². The summed E-state index contributed by atoms with van der Waals surface area (Å²) in [4.78, 5) is 26.5. The fraction of sp³-hybridized carbons (Fsp3) is 0.167. The summed E-state index contributed by atoms with van der Waals surface area (Å²) < 4.78 is 5.57. The minimum Gasteiger partial charge on any atom is -0.484 e. The third-order valence-electron chi connectivity index (χ3n) is 5.13. The predicted molar refractivity (Wildman–Crippen MR) is 113 cm³/mol. The molecule has 1 aliphatic heterocycles. The standard InChI is InChI=1S/C24H22N2O3/c1-16-7-12-21(13-17(16)2)29-15-23(27)25-19-8-10-20(11-9-19)26-14-18-5-3-4-6-22(18)24(26)28/h3-13H,14-15H2,1-2H3,(H,25,27). The third kappa shape index (κ3) is 3.99. The van der Waals surface area contributed by atoms with Gasteiger partial charge in [-0.2, -0.15) is 0 Å². The van der Waals surface area contributed by atoms with Crippen molar-refractivity contribution in [3.05, 3.63) is 89.0 Å². The molecule has 0 bridgehead atoms. The van der Waals surface area contributed by atoms with Crippen molar-refractivity contribution < 1.29 is 14.3 Å². The number of ether oxygens (including phenoxy) is 1. The highest BCUT2D eigenvalue weighted by Crippen LogP contribution is 2.28. The summed E-state index contributed by atoms with van der Waals surface area (Å²) in [5, 5.41) is 2.82. The Morgan fingerprint density at radius 1 is 1.00 bits per heavy atom. The van der Waals surface area contributed by atoms with Gasteiger partial charge in [0.25, 0.3) is 11.8 Å². The summed E-state index contributed by atoms with van der Waals surface area (Å²) >= 11 is 0. The summed E-state index contributed by atoms with van der Waals surface area (Å²) in [6, 6.07) is 20.6. The van der Waals surface area contributed by atoms with Gasteiger partial charge in [0.15, 0.2) is 6.61 Å². The zero-order chi connectivity index (χ0) is 20.4. The number of hydrogen-bond acceptors (Lipinski definition) is 3. The molecule has 2 amide bonds. The van der Waals surface area contributed by atoms with E-state index < -0.39 is 0 Å². The zero-order valence-electron chi connectivity index (χ0n) is 16.4. The van der Waals surface area contributed by atoms with Crippen molar-refractivity contribution in [2.75, 3.05) is 16.8 Å². The van der Waals surface area contributed by atoms with Crippen molar-refractivity contribution in [3.8, 4) is 5.75 Å². The molecule has 0 fully saturated rings. The van der Waals surface area contributed by atoms with Gasteiger partial charge in [0.05, 0.1) is 6.54 Å². The van der Waals surface area contributed by atoms with Crippen molar-refractivity contribution >= 4 is 23.2 Å². The molecule has 29 heavy (non-hydrogen) atoms. The first-order valence-corrected chi connectivity index (χ1v) is 9.51. The molecule has 3 aromatic carbocycles. The molecule has 0 radical (unpaired) electrons. The third-order valence-corrected chi connectivity index (χ3v) is 5.13. The lowest BCUT2D eigenvalue weighted by Gasteiger charge is -2.16. The van der Waals surface area contributed by atoms with E-state index in [1.165, 1.54) is 5.56 Å². The quantitative estimate of drug-likeness (QED) is 0.703. The van der Waals surface area contributed by atoms with Gasteiger partial charge >= 0.3 is 0 Å². The minimum atomic E-state index is -0.236. The predicted octanol–water partition coefficient (Wildman–Crippen LogP) is 4.48. The molecule has 1 heterocycles. The van der Waals surface area contributed by atoms with Crippen molar-refractivity contribution in [1.82, 2.24) is 0 Å². The van der Waals surface area contributed by atoms with Crippen molar-refractivity contribution in [2.24, 2.45) is 0 Å². The van der Waals surface area contributed by atoms with Gasteiger partial charge in [0.1, 0.15) is 5.75 Å². The van der Waals surface area contributed by atoms with Gasteiger partial charge in [0.2, 0.25) is 0 Å². The number of benzene rings is 3. The molecule has 0 aliphatic carbocycles. The van der Waals surface area contributed by atoms with E-state index in [-0.39, 0.29) is 18.4 Å². The lowest BCUT2D eigenvalue weighted by molar-refractivity contribution is -0.118. The number of nitrogens with zero attached hydrogens (tertiary/aromatic N) is 1. The van der Waals surface area contributed by atoms with Gasteiger partial charge in [-0.15, -0.1) is 0 Å². The monoisotopic (exact) mass is 386 g/mol. The Kier molecular flexibility index (Phi) is 5.04. The van der Waals surface area contributed by atoms with Crippen molar-refractivity contribution in [3.63, 3.8) is 0 Å². The Bertz CT molecular complexity index is 1070. The van der Waals surface area contributed by atoms with Gasteiger partial charge in [-0.1, -0.05) is 24.3 Å². The SMILES string of the molecule is Cc1ccc(OCC(=O)Nc2ccc(N3Cc4ccccc4C3=O)cc2)cc1C. The van der Waals surface area contributed by atoms with Gasteiger partial charge in [-0.05, 0) is 73.0 Å². The van der Waals surface area contributed by atoms with Crippen LogP contribution in [0.5, 0.6) is 5.75 Å². The molecule has 0 saturated carbocycles. The number of anilines is 2. The van der Waals surface area contributed by atoms with Crippen molar-refractivity contribution in [1.29, 1.82) is 0 Å². The van der Waals surface area contributed by atoms with E-state index in [0.29, 0.717) is 18.0 Å². The molecule has 0 aromatic heterocycles. The first kappa shape index (κ1) is 18.7. The molecule has 1 N–H and O–H groups in total. The highest BCUT2D eigenvalue weighted by molar-refractivity contribution is 6.10. The summed E-state index contributed by atoms with van der Waals surface area (Å²) in [5.41, 5.74) is 5.53. The largest absolute Gasteiger partial charge is 0.484 e. The van der Waals surface area contributed by atoms with Crippen LogP contribution in [0, 0.1) is 13.8 Å². The molecule has 4 rings (SSSR count). The minimum absolute atomic E-state index is 0.000762. The second-order valence-electron chi connectivity index (χ2n) is 7.18. The van der Waals surface area contributed by atoms with Crippen LogP contribution >= 0.6 is 0 Å². The van der Waals surface area contributed by atoms with Gasteiger partial charge in [0, 0.05) is 16.9 Å². The van der Waals surface area contributed by atoms with Crippen LogP contribution in [0.15, 0.2) is 66.7 Å². The summed E-state index contributed by atoms with van der Waals surface area (Å²) in [6.45, 7) is 4.53. The zero-order valence-corrected chi connectivity index (χ0v) is 16.4. The Balaban J connectivity index is 1.35. The Morgan fingerprint density at radius 3 is 2.48 bits per heavy atom. The average Bonchev–Trinajstić information content (AvgIpc) is 3.06. The van der Waals surface area contributed by atoms with E-state index in [1.54, 1.807) is 17.0 Å². The van der Waals surface area contributed by atoms with E-state index in [0.717, 1.165) is 22.4 Å². The second kappa shape index (κ2) is 7.80. The number of fused-ring (bicyclic) bond motifs is 1.